The summed E-state index contributed by atoms with van der Waals surface area (Å²) in [5, 5.41) is 3.78. The lowest BCUT2D eigenvalue weighted by atomic mass is 10.1. The zero-order valence-electron chi connectivity index (χ0n) is 18.5. The van der Waals surface area contributed by atoms with Crippen LogP contribution in [0.3, 0.4) is 0 Å². The van der Waals surface area contributed by atoms with Crippen LogP contribution < -0.4 is 10.1 Å². The highest BCUT2D eigenvalue weighted by Crippen LogP contribution is 2.24. The number of hydrogen-bond donors (Lipinski definition) is 1. The summed E-state index contributed by atoms with van der Waals surface area (Å²) < 4.78 is 5.71. The highest BCUT2D eigenvalue weighted by atomic mass is 35.5. The van der Waals surface area contributed by atoms with Gasteiger partial charge in [0.05, 0.1) is 10.0 Å². The molecule has 0 bridgehead atoms. The molecule has 1 N–H and O–H groups in total. The lowest BCUT2D eigenvalue weighted by molar-refractivity contribution is -0.143. The number of carbonyl (C=O) groups is 2. The van der Waals surface area contributed by atoms with Crippen LogP contribution in [0.25, 0.3) is 0 Å². The molecule has 0 radical (unpaired) electrons. The fourth-order valence-corrected chi connectivity index (χ4v) is 3.43. The summed E-state index contributed by atoms with van der Waals surface area (Å²) in [6.07, 6.45) is 0.474. The number of halogens is 2. The average Bonchev–Trinajstić information content (AvgIpc) is 2.73. The van der Waals surface area contributed by atoms with Gasteiger partial charge >= 0.3 is 0 Å². The SMILES string of the molecule is CC[C@H](C(=O)NCC(C)C)N(Cc1ccc(Cl)c(Cl)c1)C(=O)COc1cccc(C)c1. The van der Waals surface area contributed by atoms with E-state index in [1.165, 1.54) is 0 Å². The molecule has 31 heavy (non-hydrogen) atoms. The van der Waals surface area contributed by atoms with E-state index in [9.17, 15) is 9.59 Å². The van der Waals surface area contributed by atoms with Crippen molar-refractivity contribution in [3.05, 3.63) is 63.6 Å². The molecule has 0 fully saturated rings. The normalized spacial score (nSPS) is 11.8. The molecule has 1 atom stereocenters. The molecule has 0 aliphatic rings. The molecule has 2 amide bonds. The van der Waals surface area contributed by atoms with Gasteiger partial charge in [-0.25, -0.2) is 0 Å². The predicted molar refractivity (Wildman–Crippen MR) is 126 cm³/mol. The molecule has 0 spiro atoms. The lowest BCUT2D eigenvalue weighted by Gasteiger charge is -2.31. The molecule has 2 rings (SSSR count). The Bertz CT molecular complexity index is 902. The van der Waals surface area contributed by atoms with Crippen molar-refractivity contribution in [2.24, 2.45) is 5.92 Å². The molecule has 5 nitrogen and oxygen atoms in total. The smallest absolute Gasteiger partial charge is 0.261 e. The molecular formula is C24H30Cl2N2O3. The van der Waals surface area contributed by atoms with E-state index in [1.54, 1.807) is 29.2 Å². The first-order valence-electron chi connectivity index (χ1n) is 10.4. The average molecular weight is 465 g/mol. The van der Waals surface area contributed by atoms with Gasteiger partial charge < -0.3 is 15.0 Å². The van der Waals surface area contributed by atoms with Crippen molar-refractivity contribution in [2.75, 3.05) is 13.2 Å². The molecule has 168 valence electrons. The largest absolute Gasteiger partial charge is 0.484 e. The Kier molecular flexibility index (Phi) is 9.66. The summed E-state index contributed by atoms with van der Waals surface area (Å²) >= 11 is 12.2. The third kappa shape index (κ3) is 7.75. The molecule has 7 heteroatoms. The Balaban J connectivity index is 2.22. The quantitative estimate of drug-likeness (QED) is 0.521. The molecule has 0 saturated carbocycles. The number of hydrogen-bond acceptors (Lipinski definition) is 3. The van der Waals surface area contributed by atoms with E-state index in [1.807, 2.05) is 45.9 Å². The Hall–Kier alpha value is -2.24. The molecule has 0 aliphatic heterocycles. The van der Waals surface area contributed by atoms with Crippen LogP contribution in [0.1, 0.15) is 38.3 Å². The van der Waals surface area contributed by atoms with Crippen molar-refractivity contribution in [1.82, 2.24) is 10.2 Å². The molecule has 0 saturated heterocycles. The highest BCUT2D eigenvalue weighted by Gasteiger charge is 2.29. The monoisotopic (exact) mass is 464 g/mol. The maximum absolute atomic E-state index is 13.2. The van der Waals surface area contributed by atoms with Crippen LogP contribution in [0.4, 0.5) is 0 Å². The van der Waals surface area contributed by atoms with E-state index < -0.39 is 6.04 Å². The topological polar surface area (TPSA) is 58.6 Å². The van der Waals surface area contributed by atoms with Crippen molar-refractivity contribution in [3.8, 4) is 5.75 Å². The van der Waals surface area contributed by atoms with Gasteiger partial charge in [-0.15, -0.1) is 0 Å². The van der Waals surface area contributed by atoms with Crippen LogP contribution in [0.15, 0.2) is 42.5 Å². The maximum Gasteiger partial charge on any atom is 0.261 e. The van der Waals surface area contributed by atoms with Gasteiger partial charge in [0.15, 0.2) is 6.61 Å². The molecule has 0 aromatic heterocycles. The van der Waals surface area contributed by atoms with Crippen LogP contribution in [0, 0.1) is 12.8 Å². The lowest BCUT2D eigenvalue weighted by Crippen LogP contribution is -2.50. The summed E-state index contributed by atoms with van der Waals surface area (Å²) in [6.45, 7) is 8.49. The van der Waals surface area contributed by atoms with Crippen molar-refractivity contribution < 1.29 is 14.3 Å². The standard InChI is InChI=1S/C24H30Cl2N2O3/c1-5-22(24(30)27-13-16(2)3)28(14-18-9-10-20(25)21(26)12-18)23(29)15-31-19-8-6-7-17(4)11-19/h6-12,16,22H,5,13-15H2,1-4H3,(H,27,30)/t22-/m1/s1. The fourth-order valence-electron chi connectivity index (χ4n) is 3.11. The Morgan fingerprint density at radius 3 is 2.45 bits per heavy atom. The van der Waals surface area contributed by atoms with E-state index in [-0.39, 0.29) is 25.0 Å². The summed E-state index contributed by atoms with van der Waals surface area (Å²) in [6, 6.07) is 12.1. The second kappa shape index (κ2) is 12.0. The van der Waals surface area contributed by atoms with E-state index in [0.717, 1.165) is 11.1 Å². The Labute approximate surface area is 194 Å². The van der Waals surface area contributed by atoms with Gasteiger partial charge in [-0.2, -0.15) is 0 Å². The zero-order chi connectivity index (χ0) is 23.0. The molecule has 2 aromatic rings. The minimum atomic E-state index is -0.623. The number of ether oxygens (including phenoxy) is 1. The third-order valence-corrected chi connectivity index (χ3v) is 5.50. The fraction of sp³-hybridized carbons (Fsp3) is 0.417. The van der Waals surface area contributed by atoms with Crippen LogP contribution in [-0.2, 0) is 16.1 Å². The first-order valence-corrected chi connectivity index (χ1v) is 11.2. The number of nitrogens with one attached hydrogen (secondary N) is 1. The van der Waals surface area contributed by atoms with E-state index >= 15 is 0 Å². The minimum absolute atomic E-state index is 0.168. The molecular weight excluding hydrogens is 435 g/mol. The first-order chi connectivity index (χ1) is 14.7. The van der Waals surface area contributed by atoms with E-state index in [2.05, 4.69) is 5.32 Å². The van der Waals surface area contributed by atoms with Gasteiger partial charge in [-0.3, -0.25) is 9.59 Å². The van der Waals surface area contributed by atoms with Gasteiger partial charge in [0.1, 0.15) is 11.8 Å². The Morgan fingerprint density at radius 2 is 1.84 bits per heavy atom. The summed E-state index contributed by atoms with van der Waals surface area (Å²) in [5.41, 5.74) is 1.82. The van der Waals surface area contributed by atoms with Crippen LogP contribution in [0.5, 0.6) is 5.75 Å². The van der Waals surface area contributed by atoms with Gasteiger partial charge in [0.25, 0.3) is 5.91 Å². The van der Waals surface area contributed by atoms with Crippen LogP contribution in [-0.4, -0.2) is 35.9 Å². The maximum atomic E-state index is 13.2. The van der Waals surface area contributed by atoms with Gasteiger partial charge in [0.2, 0.25) is 5.91 Å². The highest BCUT2D eigenvalue weighted by molar-refractivity contribution is 6.42. The third-order valence-electron chi connectivity index (χ3n) is 4.76. The summed E-state index contributed by atoms with van der Waals surface area (Å²) in [4.78, 5) is 27.6. The van der Waals surface area contributed by atoms with Crippen LogP contribution in [0.2, 0.25) is 10.0 Å². The molecule has 0 aliphatic carbocycles. The van der Waals surface area contributed by atoms with Gasteiger partial charge in [-0.1, -0.05) is 62.2 Å². The van der Waals surface area contributed by atoms with Crippen LogP contribution >= 0.6 is 23.2 Å². The number of amides is 2. The number of nitrogens with zero attached hydrogens (tertiary/aromatic N) is 1. The Morgan fingerprint density at radius 1 is 1.10 bits per heavy atom. The van der Waals surface area contributed by atoms with Gasteiger partial charge in [0, 0.05) is 13.1 Å². The number of aryl methyl sites for hydroxylation is 1. The predicted octanol–water partition coefficient (Wildman–Crippen LogP) is 5.26. The van der Waals surface area contributed by atoms with Crippen molar-refractivity contribution in [1.29, 1.82) is 0 Å². The number of rotatable bonds is 10. The van der Waals surface area contributed by atoms with Gasteiger partial charge in [-0.05, 0) is 54.7 Å². The van der Waals surface area contributed by atoms with E-state index in [0.29, 0.717) is 34.7 Å². The number of carbonyl (C=O) groups excluding carboxylic acids is 2. The molecule has 0 heterocycles. The summed E-state index contributed by atoms with van der Waals surface area (Å²) in [5.74, 6) is 0.463. The summed E-state index contributed by atoms with van der Waals surface area (Å²) in [7, 11) is 0. The number of benzene rings is 2. The second-order valence-electron chi connectivity index (χ2n) is 7.94. The van der Waals surface area contributed by atoms with Crippen molar-refractivity contribution >= 4 is 35.0 Å². The second-order valence-corrected chi connectivity index (χ2v) is 8.75. The van der Waals surface area contributed by atoms with E-state index in [4.69, 9.17) is 27.9 Å². The minimum Gasteiger partial charge on any atom is -0.484 e. The first kappa shape index (κ1) is 25.0. The van der Waals surface area contributed by atoms with Crippen molar-refractivity contribution in [3.63, 3.8) is 0 Å². The van der Waals surface area contributed by atoms with Crippen molar-refractivity contribution in [2.45, 2.75) is 46.7 Å². The molecule has 2 aromatic carbocycles. The molecule has 0 unspecified atom stereocenters. The zero-order valence-corrected chi connectivity index (χ0v) is 20.0.